The third-order valence-corrected chi connectivity index (χ3v) is 8.62. The number of para-hydroxylation sites is 2. The van der Waals surface area contributed by atoms with Gasteiger partial charge in [0.15, 0.2) is 0 Å². The van der Waals surface area contributed by atoms with E-state index >= 15 is 0 Å². The Hall–Kier alpha value is -5.25. The standard InChI is InChI=1S/C35H46N8O7/c1-17(2)29(31(37)46)42-32(47)27(14-21-16-39-25-12-8-6-10-23(21)25)41-35(50)30(19(4)45)43-33(48)26(40-34(49)28(36)18(3)44)13-20-15-38-24-11-7-5-9-22(20)24/h5-12,15-19,26-30,38-39,44-45H,13-14,36H2,1-4H3,(H2,37,46)(H,40,49)(H,41,50)(H,42,47)(H,43,48). The third kappa shape index (κ3) is 9.05. The lowest BCUT2D eigenvalue weighted by atomic mass is 10.00. The molecule has 0 aliphatic carbocycles. The van der Waals surface area contributed by atoms with E-state index in [2.05, 4.69) is 31.2 Å². The van der Waals surface area contributed by atoms with Crippen LogP contribution in [0.5, 0.6) is 0 Å². The molecule has 4 rings (SSSR count). The molecule has 0 spiro atoms. The Kier molecular flexibility index (Phi) is 12.3. The molecular weight excluding hydrogens is 644 g/mol. The molecule has 15 nitrogen and oxygen atoms in total. The molecule has 0 saturated heterocycles. The van der Waals surface area contributed by atoms with Gasteiger partial charge in [0.25, 0.3) is 0 Å². The lowest BCUT2D eigenvalue weighted by Gasteiger charge is -2.28. The zero-order valence-electron chi connectivity index (χ0n) is 28.4. The minimum atomic E-state index is -1.58. The second kappa shape index (κ2) is 16.4. The topological polar surface area (TPSA) is 258 Å². The number of aromatic nitrogens is 2. The molecule has 12 N–H and O–H groups in total. The van der Waals surface area contributed by atoms with E-state index in [9.17, 15) is 34.2 Å². The van der Waals surface area contributed by atoms with Crippen LogP contribution in [-0.4, -0.2) is 92.1 Å². The van der Waals surface area contributed by atoms with Crippen LogP contribution in [0.2, 0.25) is 0 Å². The molecule has 0 saturated carbocycles. The number of aliphatic hydroxyl groups excluding tert-OH is 2. The maximum Gasteiger partial charge on any atom is 0.245 e. The van der Waals surface area contributed by atoms with Gasteiger partial charge in [0.05, 0.1) is 12.2 Å². The average Bonchev–Trinajstić information content (AvgIpc) is 3.68. The van der Waals surface area contributed by atoms with Gasteiger partial charge in [-0.05, 0) is 43.0 Å². The monoisotopic (exact) mass is 690 g/mol. The van der Waals surface area contributed by atoms with Gasteiger partial charge in [-0.15, -0.1) is 0 Å². The highest BCUT2D eigenvalue weighted by Gasteiger charge is 2.35. The molecule has 7 atom stereocenters. The molecule has 0 fully saturated rings. The van der Waals surface area contributed by atoms with Crippen LogP contribution < -0.4 is 32.7 Å². The maximum absolute atomic E-state index is 13.8. The fraction of sp³-hybridized carbons (Fsp3) is 0.400. The predicted octanol–water partition coefficient (Wildman–Crippen LogP) is -0.396. The van der Waals surface area contributed by atoms with Gasteiger partial charge in [0.2, 0.25) is 29.5 Å². The van der Waals surface area contributed by atoms with Gasteiger partial charge in [-0.2, -0.15) is 0 Å². The van der Waals surface area contributed by atoms with Crippen LogP contribution in [0.3, 0.4) is 0 Å². The van der Waals surface area contributed by atoms with E-state index in [4.69, 9.17) is 11.5 Å². The SMILES string of the molecule is CC(C)C(NC(=O)C(Cc1c[nH]c2ccccc12)NC(=O)C(NC(=O)C(Cc1c[nH]c2ccccc12)NC(=O)C(N)C(C)O)C(C)O)C(N)=O. The molecule has 2 heterocycles. The highest BCUT2D eigenvalue weighted by molar-refractivity contribution is 5.97. The van der Waals surface area contributed by atoms with Crippen molar-refractivity contribution < 1.29 is 34.2 Å². The summed E-state index contributed by atoms with van der Waals surface area (Å²) < 4.78 is 0. The molecular formula is C35H46N8O7. The van der Waals surface area contributed by atoms with Gasteiger partial charge in [0.1, 0.15) is 30.2 Å². The van der Waals surface area contributed by atoms with Crippen molar-refractivity contribution in [1.82, 2.24) is 31.2 Å². The largest absolute Gasteiger partial charge is 0.391 e. The number of primary amides is 1. The molecule has 15 heteroatoms. The maximum atomic E-state index is 13.8. The lowest BCUT2D eigenvalue weighted by Crippen LogP contribution is -2.62. The first kappa shape index (κ1) is 37.6. The number of H-pyrrole nitrogens is 2. The van der Waals surface area contributed by atoms with Crippen LogP contribution in [0, 0.1) is 5.92 Å². The summed E-state index contributed by atoms with van der Waals surface area (Å²) in [6.07, 6.45) is 0.686. The number of hydrogen-bond acceptors (Lipinski definition) is 8. The van der Waals surface area contributed by atoms with E-state index in [0.29, 0.717) is 11.1 Å². The molecule has 0 bridgehead atoms. The number of nitrogens with two attached hydrogens (primary N) is 2. The van der Waals surface area contributed by atoms with E-state index in [1.54, 1.807) is 26.2 Å². The highest BCUT2D eigenvalue weighted by Crippen LogP contribution is 2.21. The molecule has 0 aliphatic rings. The molecule has 7 unspecified atom stereocenters. The van der Waals surface area contributed by atoms with Crippen molar-refractivity contribution >= 4 is 51.3 Å². The zero-order valence-corrected chi connectivity index (χ0v) is 28.4. The van der Waals surface area contributed by atoms with E-state index in [-0.39, 0.29) is 18.8 Å². The first-order chi connectivity index (χ1) is 23.7. The van der Waals surface area contributed by atoms with Gasteiger partial charge in [-0.1, -0.05) is 50.2 Å². The summed E-state index contributed by atoms with van der Waals surface area (Å²) in [7, 11) is 0. The fourth-order valence-electron chi connectivity index (χ4n) is 5.69. The predicted molar refractivity (Wildman–Crippen MR) is 187 cm³/mol. The van der Waals surface area contributed by atoms with Crippen LogP contribution in [-0.2, 0) is 36.8 Å². The van der Waals surface area contributed by atoms with Crippen molar-refractivity contribution in [2.24, 2.45) is 17.4 Å². The number of fused-ring (bicyclic) bond motifs is 2. The first-order valence-corrected chi connectivity index (χ1v) is 16.4. The Morgan fingerprint density at radius 2 is 1.08 bits per heavy atom. The Morgan fingerprint density at radius 3 is 1.50 bits per heavy atom. The summed E-state index contributed by atoms with van der Waals surface area (Å²) in [6, 6.07) is 8.23. The van der Waals surface area contributed by atoms with E-state index in [1.807, 2.05) is 48.5 Å². The van der Waals surface area contributed by atoms with E-state index in [1.165, 1.54) is 13.8 Å². The summed E-state index contributed by atoms with van der Waals surface area (Å²) in [6.45, 7) is 6.04. The summed E-state index contributed by atoms with van der Waals surface area (Å²) >= 11 is 0. The number of hydrogen-bond donors (Lipinski definition) is 10. The summed E-state index contributed by atoms with van der Waals surface area (Å²) in [5, 5.41) is 32.5. The van der Waals surface area contributed by atoms with Crippen LogP contribution in [0.25, 0.3) is 21.8 Å². The van der Waals surface area contributed by atoms with Crippen molar-refractivity contribution in [3.05, 3.63) is 72.1 Å². The summed E-state index contributed by atoms with van der Waals surface area (Å²) in [5.74, 6) is -4.33. The number of carbonyl (C=O) groups is 5. The van der Waals surface area contributed by atoms with Crippen molar-refractivity contribution in [2.45, 2.75) is 83.0 Å². The number of benzene rings is 2. The molecule has 0 radical (unpaired) electrons. The molecule has 2 aromatic heterocycles. The smallest absolute Gasteiger partial charge is 0.245 e. The highest BCUT2D eigenvalue weighted by atomic mass is 16.3. The molecule has 0 aliphatic heterocycles. The van der Waals surface area contributed by atoms with Gasteiger partial charge < -0.3 is 52.9 Å². The number of aliphatic hydroxyl groups is 2. The van der Waals surface area contributed by atoms with Crippen LogP contribution in [0.15, 0.2) is 60.9 Å². The molecule has 4 aromatic rings. The molecule has 2 aromatic carbocycles. The molecule has 5 amide bonds. The minimum absolute atomic E-state index is 0.0118. The summed E-state index contributed by atoms with van der Waals surface area (Å²) in [5.41, 5.74) is 14.3. The Balaban J connectivity index is 1.60. The minimum Gasteiger partial charge on any atom is -0.391 e. The third-order valence-electron chi connectivity index (χ3n) is 8.62. The fourth-order valence-corrected chi connectivity index (χ4v) is 5.69. The average molecular weight is 691 g/mol. The Bertz CT molecular complexity index is 1830. The van der Waals surface area contributed by atoms with E-state index < -0.39 is 72.0 Å². The zero-order chi connectivity index (χ0) is 36.7. The van der Waals surface area contributed by atoms with Crippen molar-refractivity contribution in [2.75, 3.05) is 0 Å². The number of carbonyl (C=O) groups excluding carboxylic acids is 5. The molecule has 50 heavy (non-hydrogen) atoms. The van der Waals surface area contributed by atoms with Gasteiger partial charge in [-0.25, -0.2) is 0 Å². The van der Waals surface area contributed by atoms with Crippen LogP contribution in [0.4, 0.5) is 0 Å². The van der Waals surface area contributed by atoms with Gasteiger partial charge >= 0.3 is 0 Å². The second-order valence-electron chi connectivity index (χ2n) is 12.9. The quantitative estimate of drug-likeness (QED) is 0.0738. The summed E-state index contributed by atoms with van der Waals surface area (Å²) in [4.78, 5) is 72.5. The van der Waals surface area contributed by atoms with Crippen LogP contribution >= 0.6 is 0 Å². The number of rotatable bonds is 16. The van der Waals surface area contributed by atoms with Crippen molar-refractivity contribution in [3.63, 3.8) is 0 Å². The van der Waals surface area contributed by atoms with Crippen molar-refractivity contribution in [3.8, 4) is 0 Å². The molecule has 268 valence electrons. The normalized spacial score (nSPS) is 15.8. The Labute approximate surface area is 288 Å². The van der Waals surface area contributed by atoms with Gasteiger partial charge in [-0.3, -0.25) is 24.0 Å². The second-order valence-corrected chi connectivity index (χ2v) is 12.9. The number of amides is 5. The van der Waals surface area contributed by atoms with Crippen LogP contribution in [0.1, 0.15) is 38.8 Å². The van der Waals surface area contributed by atoms with E-state index in [0.717, 1.165) is 21.8 Å². The van der Waals surface area contributed by atoms with Crippen molar-refractivity contribution in [1.29, 1.82) is 0 Å². The lowest BCUT2D eigenvalue weighted by molar-refractivity contribution is -0.136. The number of aromatic amines is 2. The number of nitrogens with one attached hydrogen (secondary N) is 6. The first-order valence-electron chi connectivity index (χ1n) is 16.4. The van der Waals surface area contributed by atoms with Gasteiger partial charge in [0, 0.05) is 47.0 Å². The Morgan fingerprint density at radius 1 is 0.640 bits per heavy atom.